The lowest BCUT2D eigenvalue weighted by atomic mass is 9.94. The molecule has 164 valence electrons. The van der Waals surface area contributed by atoms with Crippen LogP contribution in [0.1, 0.15) is 44.6 Å². The van der Waals surface area contributed by atoms with Gasteiger partial charge in [0.25, 0.3) is 5.91 Å². The fraction of sp³-hybridized carbons (Fsp3) is 0.440. The molecule has 6 nitrogen and oxygen atoms in total. The topological polar surface area (TPSA) is 61.9 Å². The lowest BCUT2D eigenvalue weighted by Crippen LogP contribution is -2.47. The van der Waals surface area contributed by atoms with Crippen molar-refractivity contribution in [3.63, 3.8) is 0 Å². The number of hydrogen-bond acceptors (Lipinski definition) is 4. The quantitative estimate of drug-likeness (QED) is 0.759. The molecule has 2 aliphatic rings. The molecular weight excluding hydrogens is 390 g/mol. The molecule has 2 aromatic carbocycles. The molecule has 1 aliphatic heterocycles. The minimum Gasteiger partial charge on any atom is -0.479 e. The van der Waals surface area contributed by atoms with Gasteiger partial charge in [-0.15, -0.1) is 0 Å². The van der Waals surface area contributed by atoms with E-state index in [9.17, 15) is 9.59 Å². The van der Waals surface area contributed by atoms with Gasteiger partial charge in [0.2, 0.25) is 5.91 Å². The summed E-state index contributed by atoms with van der Waals surface area (Å²) in [5.74, 6) is 0.195. The van der Waals surface area contributed by atoms with Crippen LogP contribution in [0.25, 0.3) is 0 Å². The number of para-hydroxylation sites is 3. The maximum absolute atomic E-state index is 12.9. The second-order valence-electron chi connectivity index (χ2n) is 8.56. The molecule has 1 N–H and O–H groups in total. The Morgan fingerprint density at radius 1 is 1.10 bits per heavy atom. The molecule has 1 heterocycles. The highest BCUT2D eigenvalue weighted by atomic mass is 16.5. The van der Waals surface area contributed by atoms with Crippen molar-refractivity contribution in [3.05, 3.63) is 54.1 Å². The standard InChI is InChI=1S/C25H31N3O3/c1-18-25(30)28(22-14-8-9-15-23(22)31-18)17-24(29)26-21-13-7-6-10-19(21)16-27(2)20-11-4-3-5-12-20/h6-10,13-15,18,20H,3-5,11-12,16-17H2,1-2H3,(H,26,29)/t18-/m0/s1. The Hall–Kier alpha value is -2.86. The molecule has 2 amide bonds. The van der Waals surface area contributed by atoms with E-state index in [4.69, 9.17) is 4.74 Å². The number of carbonyl (C=O) groups is 2. The number of benzene rings is 2. The molecule has 1 aliphatic carbocycles. The minimum atomic E-state index is -0.612. The summed E-state index contributed by atoms with van der Waals surface area (Å²) in [6.45, 7) is 2.45. The third-order valence-corrected chi connectivity index (χ3v) is 6.28. The van der Waals surface area contributed by atoms with Crippen molar-refractivity contribution >= 4 is 23.2 Å². The van der Waals surface area contributed by atoms with Crippen LogP contribution in [0, 0.1) is 0 Å². The van der Waals surface area contributed by atoms with E-state index >= 15 is 0 Å². The van der Waals surface area contributed by atoms with E-state index in [1.165, 1.54) is 37.0 Å². The highest BCUT2D eigenvalue weighted by Gasteiger charge is 2.32. The van der Waals surface area contributed by atoms with Crippen molar-refractivity contribution in [1.29, 1.82) is 0 Å². The van der Waals surface area contributed by atoms with E-state index in [-0.39, 0.29) is 18.4 Å². The molecule has 0 saturated heterocycles. The average molecular weight is 422 g/mol. The van der Waals surface area contributed by atoms with E-state index in [0.717, 1.165) is 17.8 Å². The molecule has 1 fully saturated rings. The van der Waals surface area contributed by atoms with E-state index in [2.05, 4.69) is 23.3 Å². The van der Waals surface area contributed by atoms with Crippen LogP contribution < -0.4 is 15.0 Å². The van der Waals surface area contributed by atoms with Gasteiger partial charge in [0.15, 0.2) is 6.10 Å². The summed E-state index contributed by atoms with van der Waals surface area (Å²) < 4.78 is 5.67. The van der Waals surface area contributed by atoms with E-state index in [1.54, 1.807) is 13.0 Å². The Bertz CT molecular complexity index is 939. The fourth-order valence-corrected chi connectivity index (χ4v) is 4.56. The maximum Gasteiger partial charge on any atom is 0.268 e. The summed E-state index contributed by atoms with van der Waals surface area (Å²) in [6, 6.07) is 15.8. The summed E-state index contributed by atoms with van der Waals surface area (Å²) in [4.78, 5) is 29.5. The van der Waals surface area contributed by atoms with Gasteiger partial charge in [-0.1, -0.05) is 49.6 Å². The number of carbonyl (C=O) groups excluding carboxylic acids is 2. The number of fused-ring (bicyclic) bond motifs is 1. The molecule has 0 unspecified atom stereocenters. The number of nitrogens with zero attached hydrogens (tertiary/aromatic N) is 2. The Morgan fingerprint density at radius 2 is 1.81 bits per heavy atom. The molecule has 0 bridgehead atoms. The SMILES string of the molecule is C[C@@H]1Oc2ccccc2N(CC(=O)Nc2ccccc2CN(C)C2CCCCC2)C1=O. The first-order valence-electron chi connectivity index (χ1n) is 11.2. The zero-order valence-corrected chi connectivity index (χ0v) is 18.3. The van der Waals surface area contributed by atoms with Crippen LogP contribution >= 0.6 is 0 Å². The monoisotopic (exact) mass is 421 g/mol. The van der Waals surface area contributed by atoms with Gasteiger partial charge in [-0.3, -0.25) is 19.4 Å². The number of rotatable bonds is 6. The molecule has 0 spiro atoms. The number of nitrogens with one attached hydrogen (secondary N) is 1. The predicted molar refractivity (Wildman–Crippen MR) is 122 cm³/mol. The smallest absolute Gasteiger partial charge is 0.268 e. The maximum atomic E-state index is 12.9. The first kappa shape index (κ1) is 21.4. The number of ether oxygens (including phenoxy) is 1. The van der Waals surface area contributed by atoms with Crippen LogP contribution in [0.2, 0.25) is 0 Å². The second-order valence-corrected chi connectivity index (χ2v) is 8.56. The molecule has 1 saturated carbocycles. The van der Waals surface area contributed by atoms with Gasteiger partial charge < -0.3 is 10.1 Å². The largest absolute Gasteiger partial charge is 0.479 e. The van der Waals surface area contributed by atoms with Gasteiger partial charge in [0, 0.05) is 18.3 Å². The molecule has 2 aromatic rings. The number of anilines is 2. The fourth-order valence-electron chi connectivity index (χ4n) is 4.56. The van der Waals surface area contributed by atoms with Crippen LogP contribution in [0.4, 0.5) is 11.4 Å². The van der Waals surface area contributed by atoms with Crippen molar-refractivity contribution < 1.29 is 14.3 Å². The Morgan fingerprint density at radius 3 is 2.61 bits per heavy atom. The Kier molecular flexibility index (Phi) is 6.56. The first-order valence-corrected chi connectivity index (χ1v) is 11.2. The first-order chi connectivity index (χ1) is 15.0. The lowest BCUT2D eigenvalue weighted by Gasteiger charge is -2.33. The van der Waals surface area contributed by atoms with Gasteiger partial charge in [-0.05, 0) is 50.6 Å². The molecule has 31 heavy (non-hydrogen) atoms. The van der Waals surface area contributed by atoms with Crippen LogP contribution in [0.3, 0.4) is 0 Å². The lowest BCUT2D eigenvalue weighted by molar-refractivity contribution is -0.127. The van der Waals surface area contributed by atoms with Crippen LogP contribution in [-0.4, -0.2) is 42.5 Å². The summed E-state index contributed by atoms with van der Waals surface area (Å²) in [5, 5.41) is 3.03. The highest BCUT2D eigenvalue weighted by molar-refractivity contribution is 6.06. The van der Waals surface area contributed by atoms with Gasteiger partial charge in [-0.25, -0.2) is 0 Å². The zero-order chi connectivity index (χ0) is 21.8. The summed E-state index contributed by atoms with van der Waals surface area (Å²) in [6.07, 6.45) is 5.78. The molecule has 6 heteroatoms. The third kappa shape index (κ3) is 4.90. The van der Waals surface area contributed by atoms with Gasteiger partial charge in [0.05, 0.1) is 5.69 Å². The normalized spacial score (nSPS) is 19.1. The predicted octanol–water partition coefficient (Wildman–Crippen LogP) is 4.20. The van der Waals surface area contributed by atoms with E-state index in [1.807, 2.05) is 36.4 Å². The Balaban J connectivity index is 1.45. The van der Waals surface area contributed by atoms with Crippen LogP contribution in [0.5, 0.6) is 5.75 Å². The molecule has 4 rings (SSSR count). The van der Waals surface area contributed by atoms with Crippen molar-refractivity contribution in [2.45, 2.75) is 57.7 Å². The zero-order valence-electron chi connectivity index (χ0n) is 18.3. The van der Waals surface area contributed by atoms with Gasteiger partial charge in [0.1, 0.15) is 12.3 Å². The van der Waals surface area contributed by atoms with Crippen molar-refractivity contribution in [2.24, 2.45) is 0 Å². The minimum absolute atomic E-state index is 0.0453. The van der Waals surface area contributed by atoms with Crippen molar-refractivity contribution in [3.8, 4) is 5.75 Å². The summed E-state index contributed by atoms with van der Waals surface area (Å²) >= 11 is 0. The summed E-state index contributed by atoms with van der Waals surface area (Å²) in [7, 11) is 2.17. The Labute approximate surface area is 184 Å². The second kappa shape index (κ2) is 9.52. The van der Waals surface area contributed by atoms with Crippen LogP contribution in [-0.2, 0) is 16.1 Å². The van der Waals surface area contributed by atoms with Gasteiger partial charge in [-0.2, -0.15) is 0 Å². The van der Waals surface area contributed by atoms with Crippen LogP contribution in [0.15, 0.2) is 48.5 Å². The average Bonchev–Trinajstić information content (AvgIpc) is 2.78. The molecule has 1 atom stereocenters. The number of amides is 2. The molecule has 0 radical (unpaired) electrons. The van der Waals surface area contributed by atoms with E-state index < -0.39 is 6.10 Å². The van der Waals surface area contributed by atoms with Crippen molar-refractivity contribution in [1.82, 2.24) is 4.90 Å². The number of hydrogen-bond donors (Lipinski definition) is 1. The van der Waals surface area contributed by atoms with Crippen molar-refractivity contribution in [2.75, 3.05) is 23.8 Å². The third-order valence-electron chi connectivity index (χ3n) is 6.28. The highest BCUT2D eigenvalue weighted by Crippen LogP contribution is 2.33. The summed E-state index contributed by atoms with van der Waals surface area (Å²) in [5.41, 5.74) is 2.52. The van der Waals surface area contributed by atoms with E-state index in [0.29, 0.717) is 17.5 Å². The molecule has 0 aromatic heterocycles. The van der Waals surface area contributed by atoms with Gasteiger partial charge >= 0.3 is 0 Å². The molecular formula is C25H31N3O3.